The summed E-state index contributed by atoms with van der Waals surface area (Å²) in [5.74, 6) is 0.104. The molecule has 0 aliphatic carbocycles. The van der Waals surface area contributed by atoms with Gasteiger partial charge in [0.2, 0.25) is 5.95 Å². The summed E-state index contributed by atoms with van der Waals surface area (Å²) >= 11 is 0. The van der Waals surface area contributed by atoms with Gasteiger partial charge in [-0.1, -0.05) is 6.92 Å². The van der Waals surface area contributed by atoms with Crippen molar-refractivity contribution < 1.29 is 13.2 Å². The van der Waals surface area contributed by atoms with E-state index >= 15 is 0 Å². The molecule has 7 heteroatoms. The predicted octanol–water partition coefficient (Wildman–Crippen LogP) is 3.14. The number of alkyl halides is 3. The molecule has 0 unspecified atom stereocenters. The first-order chi connectivity index (χ1) is 8.18. The van der Waals surface area contributed by atoms with Crippen LogP contribution in [0.25, 0.3) is 0 Å². The number of anilines is 2. The van der Waals surface area contributed by atoms with E-state index in [1.54, 1.807) is 0 Å². The Morgan fingerprint density at radius 2 is 1.83 bits per heavy atom. The maximum atomic E-state index is 12.7. The first-order valence-corrected chi connectivity index (χ1v) is 5.60. The average Bonchev–Trinajstić information content (AvgIpc) is 2.27. The molecule has 0 saturated heterocycles. The lowest BCUT2D eigenvalue weighted by molar-refractivity contribution is -0.141. The number of hydrogen-bond acceptors (Lipinski definition) is 4. The summed E-state index contributed by atoms with van der Waals surface area (Å²) in [7, 11) is 1.48. The Kier molecular flexibility index (Phi) is 4.03. The molecule has 1 aromatic heterocycles. The zero-order valence-corrected chi connectivity index (χ0v) is 10.8. The molecule has 1 aromatic rings. The van der Waals surface area contributed by atoms with Crippen LogP contribution in [0, 0.1) is 0 Å². The lowest BCUT2D eigenvalue weighted by Crippen LogP contribution is -2.30. The first kappa shape index (κ1) is 14.5. The zero-order chi connectivity index (χ0) is 14.0. The second-order valence-corrected chi connectivity index (χ2v) is 4.57. The third-order valence-corrected chi connectivity index (χ3v) is 2.59. The van der Waals surface area contributed by atoms with Gasteiger partial charge in [-0.15, -0.1) is 0 Å². The van der Waals surface area contributed by atoms with Gasteiger partial charge in [-0.2, -0.15) is 18.2 Å². The molecular weight excluding hydrogens is 245 g/mol. The lowest BCUT2D eigenvalue weighted by atomic mass is 10.0. The number of halogens is 3. The number of aromatic nitrogens is 2. The molecule has 18 heavy (non-hydrogen) atoms. The Bertz CT molecular complexity index is 415. The molecule has 0 aliphatic rings. The highest BCUT2D eigenvalue weighted by Crippen LogP contribution is 2.30. The molecule has 0 amide bonds. The first-order valence-electron chi connectivity index (χ1n) is 5.60. The fraction of sp³-hybridized carbons (Fsp3) is 0.636. The van der Waals surface area contributed by atoms with Gasteiger partial charge in [-0.3, -0.25) is 0 Å². The largest absolute Gasteiger partial charge is 0.433 e. The molecular formula is C11H17F3N4. The second-order valence-electron chi connectivity index (χ2n) is 4.57. The third kappa shape index (κ3) is 3.75. The van der Waals surface area contributed by atoms with Gasteiger partial charge in [0, 0.05) is 18.7 Å². The molecule has 0 aliphatic heterocycles. The van der Waals surface area contributed by atoms with Crippen molar-refractivity contribution in [3.63, 3.8) is 0 Å². The predicted molar refractivity (Wildman–Crippen MR) is 64.6 cm³/mol. The Hall–Kier alpha value is -1.53. The Morgan fingerprint density at radius 1 is 1.22 bits per heavy atom. The summed E-state index contributed by atoms with van der Waals surface area (Å²) in [6.07, 6.45) is -3.73. The van der Waals surface area contributed by atoms with Crippen LogP contribution in [0.5, 0.6) is 0 Å². The monoisotopic (exact) mass is 262 g/mol. The molecule has 2 N–H and O–H groups in total. The average molecular weight is 262 g/mol. The summed E-state index contributed by atoms with van der Waals surface area (Å²) in [6.45, 7) is 5.72. The highest BCUT2D eigenvalue weighted by molar-refractivity contribution is 5.44. The molecule has 1 rings (SSSR count). The van der Waals surface area contributed by atoms with Crippen molar-refractivity contribution in [2.24, 2.45) is 0 Å². The minimum atomic E-state index is -4.48. The summed E-state index contributed by atoms with van der Waals surface area (Å²) in [6, 6.07) is 0.915. The van der Waals surface area contributed by atoms with Crippen LogP contribution in [0.15, 0.2) is 6.07 Å². The molecule has 0 bridgehead atoms. The Morgan fingerprint density at radius 3 is 2.28 bits per heavy atom. The molecule has 0 aromatic carbocycles. The van der Waals surface area contributed by atoms with Gasteiger partial charge in [0.05, 0.1) is 0 Å². The topological polar surface area (TPSA) is 49.8 Å². The van der Waals surface area contributed by atoms with Crippen molar-refractivity contribution in [1.82, 2.24) is 9.97 Å². The standard InChI is InChI=1S/C11H17F3N4/c1-5-10(2,3)18-8-6-7(11(12,13)14)16-9(15-4)17-8/h6H,5H2,1-4H3,(H2,15,16,17,18). The van der Waals surface area contributed by atoms with Gasteiger partial charge in [-0.25, -0.2) is 4.98 Å². The van der Waals surface area contributed by atoms with E-state index < -0.39 is 11.9 Å². The van der Waals surface area contributed by atoms with Crippen molar-refractivity contribution >= 4 is 11.8 Å². The van der Waals surface area contributed by atoms with Crippen LogP contribution in [0.3, 0.4) is 0 Å². The fourth-order valence-corrected chi connectivity index (χ4v) is 1.20. The molecule has 0 saturated carbocycles. The van der Waals surface area contributed by atoms with Crippen LogP contribution in [0.4, 0.5) is 24.9 Å². The van der Waals surface area contributed by atoms with E-state index in [0.717, 1.165) is 12.5 Å². The van der Waals surface area contributed by atoms with Gasteiger partial charge in [0.1, 0.15) is 5.82 Å². The van der Waals surface area contributed by atoms with Crippen LogP contribution >= 0.6 is 0 Å². The quantitative estimate of drug-likeness (QED) is 0.875. The maximum Gasteiger partial charge on any atom is 0.433 e. The highest BCUT2D eigenvalue weighted by Gasteiger charge is 2.34. The summed E-state index contributed by atoms with van der Waals surface area (Å²) < 4.78 is 38.0. The van der Waals surface area contributed by atoms with Crippen LogP contribution in [0.1, 0.15) is 32.9 Å². The van der Waals surface area contributed by atoms with Crippen molar-refractivity contribution in [3.05, 3.63) is 11.8 Å². The minimum Gasteiger partial charge on any atom is -0.365 e. The van der Waals surface area contributed by atoms with Crippen LogP contribution in [0.2, 0.25) is 0 Å². The van der Waals surface area contributed by atoms with Gasteiger partial charge in [0.25, 0.3) is 0 Å². The number of nitrogens with one attached hydrogen (secondary N) is 2. The summed E-state index contributed by atoms with van der Waals surface area (Å²) in [5.41, 5.74) is -1.29. The van der Waals surface area contributed by atoms with E-state index in [1.807, 2.05) is 20.8 Å². The third-order valence-electron chi connectivity index (χ3n) is 2.59. The zero-order valence-electron chi connectivity index (χ0n) is 10.8. The highest BCUT2D eigenvalue weighted by atomic mass is 19.4. The van der Waals surface area contributed by atoms with E-state index in [4.69, 9.17) is 0 Å². The number of hydrogen-bond donors (Lipinski definition) is 2. The molecule has 0 spiro atoms. The summed E-state index contributed by atoms with van der Waals surface area (Å²) in [5, 5.41) is 5.49. The normalized spacial score (nSPS) is 12.4. The van der Waals surface area contributed by atoms with Crippen molar-refractivity contribution in [1.29, 1.82) is 0 Å². The molecule has 0 radical (unpaired) electrons. The van der Waals surface area contributed by atoms with Crippen LogP contribution in [-0.2, 0) is 6.18 Å². The van der Waals surface area contributed by atoms with Crippen molar-refractivity contribution in [3.8, 4) is 0 Å². The van der Waals surface area contributed by atoms with E-state index in [1.165, 1.54) is 7.05 Å². The Balaban J connectivity index is 3.13. The van der Waals surface area contributed by atoms with Crippen molar-refractivity contribution in [2.75, 3.05) is 17.7 Å². The molecule has 0 fully saturated rings. The lowest BCUT2D eigenvalue weighted by Gasteiger charge is -2.25. The van der Waals surface area contributed by atoms with E-state index in [9.17, 15) is 13.2 Å². The number of rotatable bonds is 4. The van der Waals surface area contributed by atoms with Gasteiger partial charge in [0.15, 0.2) is 5.69 Å². The number of nitrogens with zero attached hydrogens (tertiary/aromatic N) is 2. The molecule has 102 valence electrons. The molecule has 0 atom stereocenters. The van der Waals surface area contributed by atoms with Gasteiger partial charge < -0.3 is 10.6 Å². The molecule has 1 heterocycles. The molecule has 4 nitrogen and oxygen atoms in total. The minimum absolute atomic E-state index is 0.0563. The fourth-order valence-electron chi connectivity index (χ4n) is 1.20. The van der Waals surface area contributed by atoms with E-state index in [2.05, 4.69) is 20.6 Å². The second kappa shape index (κ2) is 4.99. The van der Waals surface area contributed by atoms with Crippen LogP contribution in [-0.4, -0.2) is 22.6 Å². The smallest absolute Gasteiger partial charge is 0.365 e. The summed E-state index contributed by atoms with van der Waals surface area (Å²) in [4.78, 5) is 7.36. The van der Waals surface area contributed by atoms with Gasteiger partial charge >= 0.3 is 6.18 Å². The van der Waals surface area contributed by atoms with E-state index in [-0.39, 0.29) is 17.3 Å². The maximum absolute atomic E-state index is 12.7. The van der Waals surface area contributed by atoms with Crippen molar-refractivity contribution in [2.45, 2.75) is 38.9 Å². The SMILES string of the molecule is CCC(C)(C)Nc1cc(C(F)(F)F)nc(NC)n1. The van der Waals surface area contributed by atoms with E-state index in [0.29, 0.717) is 0 Å². The van der Waals surface area contributed by atoms with Gasteiger partial charge in [-0.05, 0) is 20.3 Å². The van der Waals surface area contributed by atoms with Crippen LogP contribution < -0.4 is 10.6 Å². The Labute approximate surface area is 104 Å².